The van der Waals surface area contributed by atoms with Crippen LogP contribution in [0.15, 0.2) is 28.3 Å². The van der Waals surface area contributed by atoms with Gasteiger partial charge in [-0.3, -0.25) is 5.41 Å². The Labute approximate surface area is 117 Å². The van der Waals surface area contributed by atoms with Crippen LogP contribution < -0.4 is 11.5 Å². The van der Waals surface area contributed by atoms with E-state index in [9.17, 15) is 0 Å². The molecule has 20 heavy (non-hydrogen) atoms. The van der Waals surface area contributed by atoms with Gasteiger partial charge in [0, 0.05) is 11.1 Å². The molecule has 1 aliphatic carbocycles. The van der Waals surface area contributed by atoms with E-state index in [0.29, 0.717) is 12.5 Å². The van der Waals surface area contributed by atoms with Crippen LogP contribution in [-0.2, 0) is 6.42 Å². The normalized spacial score (nSPS) is 19.9. The van der Waals surface area contributed by atoms with Crippen LogP contribution in [-0.4, -0.2) is 35.6 Å². The van der Waals surface area contributed by atoms with Crippen LogP contribution in [0, 0.1) is 5.41 Å². The van der Waals surface area contributed by atoms with E-state index < -0.39 is 0 Å². The van der Waals surface area contributed by atoms with E-state index in [4.69, 9.17) is 16.9 Å². The van der Waals surface area contributed by atoms with Gasteiger partial charge in [-0.1, -0.05) is 18.2 Å². The monoisotopic (exact) mass is 270 g/mol. The first-order valence-corrected chi connectivity index (χ1v) is 6.78. The fourth-order valence-corrected chi connectivity index (χ4v) is 2.75. The lowest BCUT2D eigenvalue weighted by molar-refractivity contribution is 0.482. The van der Waals surface area contributed by atoms with E-state index >= 15 is 0 Å². The second-order valence-electron chi connectivity index (χ2n) is 5.01. The number of nitrogen functional groups attached to an aromatic ring is 1. The summed E-state index contributed by atoms with van der Waals surface area (Å²) < 4.78 is 0. The molecule has 5 N–H and O–H groups in total. The van der Waals surface area contributed by atoms with Crippen LogP contribution in [0.25, 0.3) is 0 Å². The number of rotatable bonds is 2. The van der Waals surface area contributed by atoms with Crippen LogP contribution in [0.1, 0.15) is 29.5 Å². The Morgan fingerprint density at radius 1 is 1.35 bits per heavy atom. The molecule has 1 aliphatic heterocycles. The topological polar surface area (TPSA) is 104 Å². The molecule has 0 radical (unpaired) electrons. The summed E-state index contributed by atoms with van der Waals surface area (Å²) in [6.45, 7) is 1.43. The van der Waals surface area contributed by atoms with Crippen molar-refractivity contribution in [1.29, 1.82) is 5.41 Å². The van der Waals surface area contributed by atoms with Gasteiger partial charge in [0.2, 0.25) is 5.96 Å². The van der Waals surface area contributed by atoms with Crippen molar-refractivity contribution >= 4 is 17.5 Å². The lowest BCUT2D eigenvalue weighted by Gasteiger charge is -2.22. The molecule has 3 rings (SSSR count). The molecule has 2 aliphatic rings. The molecule has 1 aromatic carbocycles. The number of nitrogens with one attached hydrogen (secondary N) is 1. The van der Waals surface area contributed by atoms with Crippen molar-refractivity contribution in [2.24, 2.45) is 21.6 Å². The Kier molecular flexibility index (Phi) is 3.14. The largest absolute Gasteiger partial charge is 0.384 e. The van der Waals surface area contributed by atoms with Crippen molar-refractivity contribution in [1.82, 2.24) is 5.01 Å². The van der Waals surface area contributed by atoms with Gasteiger partial charge in [0.05, 0.1) is 18.8 Å². The number of hydrazone groups is 1. The zero-order valence-electron chi connectivity index (χ0n) is 11.3. The van der Waals surface area contributed by atoms with Crippen molar-refractivity contribution in [2.45, 2.75) is 19.3 Å². The van der Waals surface area contributed by atoms with Crippen LogP contribution in [0.4, 0.5) is 0 Å². The maximum Gasteiger partial charge on any atom is 0.212 e. The zero-order chi connectivity index (χ0) is 14.1. The van der Waals surface area contributed by atoms with E-state index in [1.165, 1.54) is 0 Å². The van der Waals surface area contributed by atoms with Gasteiger partial charge in [-0.15, -0.1) is 0 Å². The standard InChI is InChI=1S/C14H18N6/c15-13(16)11-5-1-4-10-9(11)3-2-6-12(10)19-20-8-7-18-14(20)17/h1,4-5H,2-3,6-8H2,(H3,15,16)(H2,17,18). The molecule has 0 amide bonds. The quantitative estimate of drug-likeness (QED) is 0.542. The molecule has 6 nitrogen and oxygen atoms in total. The van der Waals surface area contributed by atoms with Crippen molar-refractivity contribution in [2.75, 3.05) is 13.1 Å². The molecular weight excluding hydrogens is 252 g/mol. The molecule has 6 heteroatoms. The molecule has 0 unspecified atom stereocenters. The number of hydrogen-bond acceptors (Lipinski definition) is 5. The minimum absolute atomic E-state index is 0.116. The number of benzene rings is 1. The molecule has 0 aromatic heterocycles. The van der Waals surface area contributed by atoms with Gasteiger partial charge in [0.1, 0.15) is 5.84 Å². The summed E-state index contributed by atoms with van der Waals surface area (Å²) in [7, 11) is 0. The summed E-state index contributed by atoms with van der Waals surface area (Å²) in [4.78, 5) is 4.14. The lowest BCUT2D eigenvalue weighted by Crippen LogP contribution is -2.31. The van der Waals surface area contributed by atoms with E-state index in [0.717, 1.165) is 48.2 Å². The third-order valence-electron chi connectivity index (χ3n) is 3.71. The SMILES string of the molecule is N=C(N)c1cccc2c1CCCC2=NN1CCN=C1N. The number of aliphatic imine (C=N–C) groups is 1. The van der Waals surface area contributed by atoms with Gasteiger partial charge < -0.3 is 11.5 Å². The number of hydrogen-bond donors (Lipinski definition) is 3. The smallest absolute Gasteiger partial charge is 0.212 e. The molecule has 1 heterocycles. The molecule has 104 valence electrons. The first kappa shape index (κ1) is 12.7. The number of fused-ring (bicyclic) bond motifs is 1. The molecule has 0 atom stereocenters. The van der Waals surface area contributed by atoms with E-state index in [1.54, 1.807) is 5.01 Å². The molecule has 0 bridgehead atoms. The van der Waals surface area contributed by atoms with E-state index in [1.807, 2.05) is 18.2 Å². The second kappa shape index (κ2) is 4.96. The van der Waals surface area contributed by atoms with Gasteiger partial charge >= 0.3 is 0 Å². The Hall–Kier alpha value is -2.37. The maximum absolute atomic E-state index is 7.69. The Morgan fingerprint density at radius 2 is 2.20 bits per heavy atom. The van der Waals surface area contributed by atoms with Crippen molar-refractivity contribution in [3.05, 3.63) is 34.9 Å². The molecule has 0 fully saturated rings. The highest BCUT2D eigenvalue weighted by Gasteiger charge is 2.21. The van der Waals surface area contributed by atoms with Gasteiger partial charge in [-0.2, -0.15) is 5.10 Å². The summed E-state index contributed by atoms with van der Waals surface area (Å²) >= 11 is 0. The third kappa shape index (κ3) is 2.13. The summed E-state index contributed by atoms with van der Waals surface area (Å²) in [5, 5.41) is 14.1. The molecule has 0 saturated carbocycles. The lowest BCUT2D eigenvalue weighted by atomic mass is 9.86. The van der Waals surface area contributed by atoms with Gasteiger partial charge in [-0.25, -0.2) is 10.0 Å². The van der Waals surface area contributed by atoms with Crippen LogP contribution >= 0.6 is 0 Å². The van der Waals surface area contributed by atoms with Gasteiger partial charge in [-0.05, 0) is 24.8 Å². The van der Waals surface area contributed by atoms with E-state index in [2.05, 4.69) is 10.1 Å². The first-order chi connectivity index (χ1) is 9.66. The average molecular weight is 270 g/mol. The van der Waals surface area contributed by atoms with Crippen molar-refractivity contribution in [3.63, 3.8) is 0 Å². The Balaban J connectivity index is 2.02. The van der Waals surface area contributed by atoms with Gasteiger partial charge in [0.15, 0.2) is 0 Å². The summed E-state index contributed by atoms with van der Waals surface area (Å²) in [5.74, 6) is 0.595. The minimum atomic E-state index is 0.116. The Morgan fingerprint density at radius 3 is 2.90 bits per heavy atom. The molecular formula is C14H18N6. The predicted molar refractivity (Wildman–Crippen MR) is 80.1 cm³/mol. The highest BCUT2D eigenvalue weighted by molar-refractivity contribution is 6.07. The maximum atomic E-state index is 7.69. The highest BCUT2D eigenvalue weighted by Crippen LogP contribution is 2.25. The number of nitrogens with zero attached hydrogens (tertiary/aromatic N) is 3. The van der Waals surface area contributed by atoms with Crippen LogP contribution in [0.2, 0.25) is 0 Å². The molecule has 0 saturated heterocycles. The molecule has 0 spiro atoms. The highest BCUT2D eigenvalue weighted by atomic mass is 15.5. The average Bonchev–Trinajstić information content (AvgIpc) is 2.84. The Bertz CT molecular complexity index is 616. The number of guanidine groups is 1. The second-order valence-corrected chi connectivity index (χ2v) is 5.01. The zero-order valence-corrected chi connectivity index (χ0v) is 11.3. The van der Waals surface area contributed by atoms with Crippen LogP contribution in [0.3, 0.4) is 0 Å². The van der Waals surface area contributed by atoms with Crippen molar-refractivity contribution in [3.8, 4) is 0 Å². The number of nitrogens with two attached hydrogens (primary N) is 2. The fourth-order valence-electron chi connectivity index (χ4n) is 2.75. The first-order valence-electron chi connectivity index (χ1n) is 6.78. The minimum Gasteiger partial charge on any atom is -0.384 e. The van der Waals surface area contributed by atoms with E-state index in [-0.39, 0.29) is 5.84 Å². The predicted octanol–water partition coefficient (Wildman–Crippen LogP) is 0.641. The molecule has 1 aromatic rings. The number of amidine groups is 1. The van der Waals surface area contributed by atoms with Crippen molar-refractivity contribution < 1.29 is 0 Å². The summed E-state index contributed by atoms with van der Waals surface area (Å²) in [6.07, 6.45) is 2.87. The van der Waals surface area contributed by atoms with Gasteiger partial charge in [0.25, 0.3) is 0 Å². The summed E-state index contributed by atoms with van der Waals surface area (Å²) in [6, 6.07) is 5.87. The fraction of sp³-hybridized carbons (Fsp3) is 0.357. The third-order valence-corrected chi connectivity index (χ3v) is 3.71. The summed E-state index contributed by atoms with van der Waals surface area (Å²) in [5.41, 5.74) is 15.5. The van der Waals surface area contributed by atoms with Crippen LogP contribution in [0.5, 0.6) is 0 Å².